The molecular formula is C24H29Cl2N4O6+. The van der Waals surface area contributed by atoms with Crippen LogP contribution >= 0.6 is 23.2 Å². The second kappa shape index (κ2) is 10.2. The number of benzene rings is 1. The van der Waals surface area contributed by atoms with Crippen molar-refractivity contribution in [2.24, 2.45) is 0 Å². The Morgan fingerprint density at radius 1 is 1.19 bits per heavy atom. The molecule has 194 valence electrons. The Kier molecular flexibility index (Phi) is 7.85. The predicted octanol–water partition coefficient (Wildman–Crippen LogP) is 3.87. The summed E-state index contributed by atoms with van der Waals surface area (Å²) < 4.78 is 5.43. The van der Waals surface area contributed by atoms with Gasteiger partial charge >= 0.3 is 17.9 Å². The maximum atomic E-state index is 14.2. The third kappa shape index (κ3) is 4.99. The Labute approximate surface area is 218 Å². The first-order valence-corrected chi connectivity index (χ1v) is 12.0. The van der Waals surface area contributed by atoms with Gasteiger partial charge in [-0.15, -0.1) is 0 Å². The molecule has 1 aliphatic rings. The van der Waals surface area contributed by atoms with Crippen molar-refractivity contribution in [1.29, 1.82) is 0 Å². The maximum Gasteiger partial charge on any atom is 0.405 e. The first-order valence-electron chi connectivity index (χ1n) is 11.2. The van der Waals surface area contributed by atoms with E-state index in [1.165, 1.54) is 0 Å². The number of carboxylic acid groups (broad SMARTS) is 1. The number of nitrogens with zero attached hydrogens (tertiary/aromatic N) is 2. The van der Waals surface area contributed by atoms with Crippen molar-refractivity contribution >= 4 is 41.1 Å². The Hall–Kier alpha value is -2.92. The average Bonchev–Trinajstić information content (AvgIpc) is 3.09. The van der Waals surface area contributed by atoms with Gasteiger partial charge in [0.15, 0.2) is 11.6 Å². The lowest BCUT2D eigenvalue weighted by Gasteiger charge is -2.47. The van der Waals surface area contributed by atoms with Gasteiger partial charge in [-0.05, 0) is 63.1 Å². The zero-order valence-corrected chi connectivity index (χ0v) is 21.9. The molecule has 0 spiro atoms. The fourth-order valence-corrected chi connectivity index (χ4v) is 5.52. The molecule has 1 aromatic heterocycles. The van der Waals surface area contributed by atoms with E-state index in [-0.39, 0.29) is 34.4 Å². The number of aromatic nitrogens is 1. The van der Waals surface area contributed by atoms with Crippen molar-refractivity contribution in [3.8, 4) is 5.75 Å². The number of amides is 3. The quantitative estimate of drug-likeness (QED) is 0.181. The van der Waals surface area contributed by atoms with Crippen LogP contribution in [0.4, 0.5) is 4.79 Å². The van der Waals surface area contributed by atoms with Gasteiger partial charge in [-0.3, -0.25) is 15.3 Å². The molecule has 2 heterocycles. The van der Waals surface area contributed by atoms with E-state index in [4.69, 9.17) is 27.9 Å². The fourth-order valence-electron chi connectivity index (χ4n) is 5.02. The number of hydroxylamine groups is 1. The first kappa shape index (κ1) is 27.7. The minimum Gasteiger partial charge on any atom is -0.489 e. The number of nitrogens with one attached hydrogen (secondary N) is 2. The number of carbonyl (C=O) groups is 3. The summed E-state index contributed by atoms with van der Waals surface area (Å²) in [5.74, 6) is -0.740. The van der Waals surface area contributed by atoms with Crippen molar-refractivity contribution in [3.63, 3.8) is 0 Å². The maximum absolute atomic E-state index is 14.2. The molecule has 2 aromatic rings. The minimum atomic E-state index is -1.60. The van der Waals surface area contributed by atoms with Crippen LogP contribution in [0.3, 0.4) is 0 Å². The van der Waals surface area contributed by atoms with E-state index < -0.39 is 35.0 Å². The standard InChI is InChI=1S/C24H28Cl2N4O6/c1-14(20(31)29-35)30(23(2,3)4)10-9-24(21(30)32,28-22(33)34)16-5-7-17(8-6-16)36-13-15-11-18(25)27-19(26)12-15/h5-8,11-12,14,28H,9-10,13H2,1-4H3,(H2-,29,31,33,34,35)/p+1/t14?,24?,30-/m0/s1. The predicted molar refractivity (Wildman–Crippen MR) is 132 cm³/mol. The van der Waals surface area contributed by atoms with E-state index >= 15 is 0 Å². The molecule has 1 saturated heterocycles. The van der Waals surface area contributed by atoms with Gasteiger partial charge in [0.25, 0.3) is 0 Å². The van der Waals surface area contributed by atoms with E-state index in [0.717, 1.165) is 0 Å². The molecule has 1 fully saturated rings. The fraction of sp³-hybridized carbons (Fsp3) is 0.417. The highest BCUT2D eigenvalue weighted by atomic mass is 35.5. The van der Waals surface area contributed by atoms with Crippen LogP contribution in [0, 0.1) is 0 Å². The third-order valence-electron chi connectivity index (χ3n) is 6.81. The molecule has 0 saturated carbocycles. The summed E-state index contributed by atoms with van der Waals surface area (Å²) in [6.45, 7) is 7.29. The molecule has 1 aliphatic heterocycles. The molecule has 3 amide bonds. The summed E-state index contributed by atoms with van der Waals surface area (Å²) in [6.07, 6.45) is -1.25. The second-order valence-electron chi connectivity index (χ2n) is 9.74. The van der Waals surface area contributed by atoms with Crippen LogP contribution in [0.5, 0.6) is 5.75 Å². The number of likely N-dealkylation sites (tertiary alicyclic amines) is 1. The van der Waals surface area contributed by atoms with Gasteiger partial charge in [-0.1, -0.05) is 35.3 Å². The highest BCUT2D eigenvalue weighted by Crippen LogP contribution is 2.45. The molecule has 3 rings (SSSR count). The average molecular weight is 540 g/mol. The van der Waals surface area contributed by atoms with Gasteiger partial charge in [0, 0.05) is 6.42 Å². The van der Waals surface area contributed by atoms with Crippen LogP contribution in [-0.2, 0) is 21.7 Å². The number of ether oxygens (including phenoxy) is 1. The van der Waals surface area contributed by atoms with Crippen molar-refractivity contribution in [2.75, 3.05) is 6.54 Å². The first-order chi connectivity index (χ1) is 16.8. The Bertz CT molecular complexity index is 1150. The molecule has 1 aromatic carbocycles. The minimum absolute atomic E-state index is 0.118. The van der Waals surface area contributed by atoms with E-state index in [1.54, 1.807) is 69.6 Å². The Morgan fingerprint density at radius 2 is 1.78 bits per heavy atom. The van der Waals surface area contributed by atoms with E-state index in [0.29, 0.717) is 16.9 Å². The number of hydrogen-bond acceptors (Lipinski definition) is 6. The lowest BCUT2D eigenvalue weighted by Crippen LogP contribution is -2.71. The summed E-state index contributed by atoms with van der Waals surface area (Å²) in [7, 11) is 0. The van der Waals surface area contributed by atoms with Crippen LogP contribution in [0.1, 0.15) is 45.2 Å². The van der Waals surface area contributed by atoms with Crippen molar-refractivity contribution in [2.45, 2.75) is 57.8 Å². The largest absolute Gasteiger partial charge is 0.489 e. The lowest BCUT2D eigenvalue weighted by atomic mass is 9.87. The number of halogens is 2. The van der Waals surface area contributed by atoms with E-state index in [1.807, 2.05) is 0 Å². The molecular weight excluding hydrogens is 511 g/mol. The number of carbonyl (C=O) groups excluding carboxylic acids is 2. The van der Waals surface area contributed by atoms with Crippen molar-refractivity contribution < 1.29 is 33.9 Å². The van der Waals surface area contributed by atoms with E-state index in [2.05, 4.69) is 10.3 Å². The zero-order valence-electron chi connectivity index (χ0n) is 20.3. The van der Waals surface area contributed by atoms with Gasteiger partial charge in [-0.2, -0.15) is 0 Å². The molecule has 3 atom stereocenters. The summed E-state index contributed by atoms with van der Waals surface area (Å²) in [6, 6.07) is 8.78. The van der Waals surface area contributed by atoms with Crippen molar-refractivity contribution in [3.05, 3.63) is 57.8 Å². The molecule has 4 N–H and O–H groups in total. The van der Waals surface area contributed by atoms with Crippen LogP contribution in [0.15, 0.2) is 36.4 Å². The van der Waals surface area contributed by atoms with E-state index in [9.17, 15) is 24.7 Å². The summed E-state index contributed by atoms with van der Waals surface area (Å²) >= 11 is 11.8. The molecule has 0 bridgehead atoms. The van der Waals surface area contributed by atoms with Gasteiger partial charge in [0.1, 0.15) is 22.7 Å². The smallest absolute Gasteiger partial charge is 0.405 e. The summed E-state index contributed by atoms with van der Waals surface area (Å²) in [5.41, 5.74) is 0.374. The van der Waals surface area contributed by atoms with Gasteiger partial charge in [-0.25, -0.2) is 24.5 Å². The number of hydrogen-bond donors (Lipinski definition) is 4. The van der Waals surface area contributed by atoms with Gasteiger partial charge < -0.3 is 9.84 Å². The van der Waals surface area contributed by atoms with Gasteiger partial charge in [0.05, 0.1) is 12.1 Å². The van der Waals surface area contributed by atoms with Crippen LogP contribution in [0.2, 0.25) is 10.3 Å². The molecule has 36 heavy (non-hydrogen) atoms. The SMILES string of the molecule is CC(C(=O)NO)[N@@+]1(C(C)(C)C)CCC(NC(=O)O)(c2ccc(OCc3cc(Cl)nc(Cl)c3)cc2)C1=O. The topological polar surface area (TPSA) is 138 Å². The summed E-state index contributed by atoms with van der Waals surface area (Å²) in [4.78, 5) is 42.3. The Balaban J connectivity index is 1.96. The van der Waals surface area contributed by atoms with Crippen LogP contribution in [0.25, 0.3) is 0 Å². The zero-order chi connectivity index (χ0) is 26.9. The molecule has 2 unspecified atom stereocenters. The number of quaternary nitrogens is 1. The Morgan fingerprint density at radius 3 is 2.28 bits per heavy atom. The monoisotopic (exact) mass is 539 g/mol. The van der Waals surface area contributed by atoms with Crippen molar-refractivity contribution in [1.82, 2.24) is 15.8 Å². The molecule has 12 heteroatoms. The highest BCUT2D eigenvalue weighted by Gasteiger charge is 2.67. The summed E-state index contributed by atoms with van der Waals surface area (Å²) in [5, 5.41) is 21.8. The highest BCUT2D eigenvalue weighted by molar-refractivity contribution is 6.32. The molecule has 0 radical (unpaired) electrons. The van der Waals surface area contributed by atoms with Gasteiger partial charge in [0.2, 0.25) is 0 Å². The number of pyridine rings is 1. The molecule has 10 nitrogen and oxygen atoms in total. The second-order valence-corrected chi connectivity index (χ2v) is 10.5. The third-order valence-corrected chi connectivity index (χ3v) is 7.20. The lowest BCUT2D eigenvalue weighted by molar-refractivity contribution is -0.907. The van der Waals surface area contributed by atoms with Crippen LogP contribution in [-0.4, -0.2) is 55.8 Å². The van der Waals surface area contributed by atoms with Crippen LogP contribution < -0.4 is 15.5 Å². The molecule has 0 aliphatic carbocycles. The number of rotatable bonds is 7. The normalized spacial score (nSPS) is 22.7.